The van der Waals surface area contributed by atoms with Crippen molar-refractivity contribution in [3.63, 3.8) is 0 Å². The van der Waals surface area contributed by atoms with Crippen molar-refractivity contribution in [3.8, 4) is 6.07 Å². The maximum Gasteiger partial charge on any atom is 0.130 e. The van der Waals surface area contributed by atoms with E-state index in [2.05, 4.69) is 6.07 Å². The first-order chi connectivity index (χ1) is 9.22. The molecule has 0 aromatic heterocycles. The highest BCUT2D eigenvalue weighted by atomic mass is 19.1. The van der Waals surface area contributed by atoms with Gasteiger partial charge < -0.3 is 0 Å². The second-order valence-electron chi connectivity index (χ2n) is 4.28. The molecule has 2 rings (SSSR count). The lowest BCUT2D eigenvalue weighted by molar-refractivity contribution is 0.624. The second kappa shape index (κ2) is 5.97. The monoisotopic (exact) mass is 251 g/mol. The first kappa shape index (κ1) is 13.0. The number of hydrogen-bond donors (Lipinski definition) is 0. The molecule has 0 saturated carbocycles. The van der Waals surface area contributed by atoms with Gasteiger partial charge in [-0.05, 0) is 41.8 Å². The Labute approximate surface area is 112 Å². The highest BCUT2D eigenvalue weighted by Crippen LogP contribution is 2.15. The smallest absolute Gasteiger partial charge is 0.130 e. The highest BCUT2D eigenvalue weighted by Gasteiger charge is 1.99. The summed E-state index contributed by atoms with van der Waals surface area (Å²) in [7, 11) is 0. The quantitative estimate of drug-likeness (QED) is 0.740. The van der Waals surface area contributed by atoms with E-state index in [0.29, 0.717) is 11.1 Å². The molecular formula is C17H14FN. The maximum absolute atomic E-state index is 13.6. The zero-order valence-corrected chi connectivity index (χ0v) is 10.7. The van der Waals surface area contributed by atoms with E-state index in [1.54, 1.807) is 24.3 Å². The molecule has 0 aliphatic heterocycles. The molecule has 0 unspecified atom stereocenters. The van der Waals surface area contributed by atoms with Gasteiger partial charge in [0.05, 0.1) is 11.6 Å². The molecule has 0 atom stereocenters. The van der Waals surface area contributed by atoms with Gasteiger partial charge in [0.25, 0.3) is 0 Å². The van der Waals surface area contributed by atoms with Gasteiger partial charge in [0, 0.05) is 5.56 Å². The van der Waals surface area contributed by atoms with Crippen molar-refractivity contribution in [1.82, 2.24) is 0 Å². The Morgan fingerprint density at radius 2 is 1.84 bits per heavy atom. The summed E-state index contributed by atoms with van der Waals surface area (Å²) < 4.78 is 13.6. The van der Waals surface area contributed by atoms with Crippen LogP contribution in [-0.2, 0) is 6.42 Å². The molecule has 0 spiro atoms. The van der Waals surface area contributed by atoms with E-state index in [1.165, 1.54) is 6.07 Å². The van der Waals surface area contributed by atoms with Crippen LogP contribution in [0.15, 0.2) is 42.5 Å². The van der Waals surface area contributed by atoms with Crippen molar-refractivity contribution in [1.29, 1.82) is 5.26 Å². The van der Waals surface area contributed by atoms with Crippen LogP contribution in [0.2, 0.25) is 0 Å². The Kier molecular flexibility index (Phi) is 4.10. The van der Waals surface area contributed by atoms with Crippen LogP contribution in [0, 0.1) is 17.1 Å². The van der Waals surface area contributed by atoms with Crippen LogP contribution in [-0.4, -0.2) is 0 Å². The molecule has 0 N–H and O–H groups in total. The van der Waals surface area contributed by atoms with Crippen LogP contribution >= 0.6 is 0 Å². The van der Waals surface area contributed by atoms with Gasteiger partial charge in [-0.1, -0.05) is 37.3 Å². The van der Waals surface area contributed by atoms with Crippen LogP contribution in [0.1, 0.15) is 29.2 Å². The Balaban J connectivity index is 2.24. The molecule has 2 aromatic carbocycles. The van der Waals surface area contributed by atoms with Crippen molar-refractivity contribution in [3.05, 3.63) is 70.5 Å². The molecule has 94 valence electrons. The van der Waals surface area contributed by atoms with Gasteiger partial charge in [0.1, 0.15) is 5.82 Å². The fourth-order valence-corrected chi connectivity index (χ4v) is 1.80. The Morgan fingerprint density at radius 1 is 1.11 bits per heavy atom. The summed E-state index contributed by atoms with van der Waals surface area (Å²) in [5, 5.41) is 8.71. The van der Waals surface area contributed by atoms with Gasteiger partial charge in [-0.15, -0.1) is 0 Å². The van der Waals surface area contributed by atoms with E-state index in [-0.39, 0.29) is 5.82 Å². The van der Waals surface area contributed by atoms with E-state index in [9.17, 15) is 4.39 Å². The first-order valence-electron chi connectivity index (χ1n) is 6.19. The molecule has 0 saturated heterocycles. The Morgan fingerprint density at radius 3 is 2.47 bits per heavy atom. The van der Waals surface area contributed by atoms with E-state index >= 15 is 0 Å². The number of rotatable bonds is 3. The van der Waals surface area contributed by atoms with E-state index < -0.39 is 0 Å². The molecule has 1 nitrogen and oxygen atoms in total. The minimum atomic E-state index is -0.220. The lowest BCUT2D eigenvalue weighted by Gasteiger charge is -2.01. The summed E-state index contributed by atoms with van der Waals surface area (Å²) in [6.45, 7) is 2.04. The molecule has 0 bridgehead atoms. The Bertz CT molecular complexity index is 633. The number of aryl methyl sites for hydroxylation is 1. The fourth-order valence-electron chi connectivity index (χ4n) is 1.80. The normalized spacial score (nSPS) is 10.6. The number of hydrogen-bond acceptors (Lipinski definition) is 1. The molecule has 0 amide bonds. The second-order valence-corrected chi connectivity index (χ2v) is 4.28. The summed E-state index contributed by atoms with van der Waals surface area (Å²) in [5.74, 6) is -0.220. The summed E-state index contributed by atoms with van der Waals surface area (Å²) in [4.78, 5) is 0. The molecule has 0 aliphatic carbocycles. The summed E-state index contributed by atoms with van der Waals surface area (Å²) >= 11 is 0. The predicted octanol–water partition coefficient (Wildman–Crippen LogP) is 4.43. The number of nitrogens with zero attached hydrogens (tertiary/aromatic N) is 1. The topological polar surface area (TPSA) is 23.8 Å². The average Bonchev–Trinajstić information content (AvgIpc) is 2.47. The van der Waals surface area contributed by atoms with Gasteiger partial charge in [0.15, 0.2) is 0 Å². The third-order valence-corrected chi connectivity index (χ3v) is 2.96. The third kappa shape index (κ3) is 3.29. The minimum Gasteiger partial charge on any atom is -0.206 e. The summed E-state index contributed by atoms with van der Waals surface area (Å²) in [6, 6.07) is 14.4. The van der Waals surface area contributed by atoms with E-state index in [0.717, 1.165) is 17.5 Å². The number of nitriles is 1. The van der Waals surface area contributed by atoms with Crippen molar-refractivity contribution in [2.45, 2.75) is 13.3 Å². The van der Waals surface area contributed by atoms with Gasteiger partial charge >= 0.3 is 0 Å². The van der Waals surface area contributed by atoms with Crippen LogP contribution < -0.4 is 0 Å². The largest absolute Gasteiger partial charge is 0.206 e. The highest BCUT2D eigenvalue weighted by molar-refractivity contribution is 5.70. The molecule has 0 aliphatic rings. The fraction of sp³-hybridized carbons (Fsp3) is 0.118. The van der Waals surface area contributed by atoms with Crippen LogP contribution in [0.3, 0.4) is 0 Å². The third-order valence-electron chi connectivity index (χ3n) is 2.96. The van der Waals surface area contributed by atoms with Crippen LogP contribution in [0.5, 0.6) is 0 Å². The van der Waals surface area contributed by atoms with Crippen molar-refractivity contribution < 1.29 is 4.39 Å². The lowest BCUT2D eigenvalue weighted by Crippen LogP contribution is -1.86. The molecular weight excluding hydrogens is 237 g/mol. The number of halogens is 1. The SMILES string of the molecule is CCc1ccc(F)c(C=Cc2ccc(C#N)cc2)c1. The molecule has 0 radical (unpaired) electrons. The van der Waals surface area contributed by atoms with Crippen molar-refractivity contribution in [2.75, 3.05) is 0 Å². The zero-order valence-electron chi connectivity index (χ0n) is 10.7. The average molecular weight is 251 g/mol. The molecule has 2 aromatic rings. The molecule has 0 fully saturated rings. The van der Waals surface area contributed by atoms with Gasteiger partial charge in [-0.3, -0.25) is 0 Å². The number of benzene rings is 2. The lowest BCUT2D eigenvalue weighted by atomic mass is 10.1. The van der Waals surface area contributed by atoms with Gasteiger partial charge in [-0.25, -0.2) is 4.39 Å². The predicted molar refractivity (Wildman–Crippen MR) is 75.9 cm³/mol. The van der Waals surface area contributed by atoms with Crippen LogP contribution in [0.25, 0.3) is 12.2 Å². The standard InChI is InChI=1S/C17H14FN/c1-2-13-8-10-17(18)16(11-13)9-7-14-3-5-15(12-19)6-4-14/h3-11H,2H2,1H3. The summed E-state index contributed by atoms with van der Waals surface area (Å²) in [6.07, 6.45) is 4.49. The molecule has 19 heavy (non-hydrogen) atoms. The minimum absolute atomic E-state index is 0.220. The van der Waals surface area contributed by atoms with E-state index in [4.69, 9.17) is 5.26 Å². The van der Waals surface area contributed by atoms with E-state index in [1.807, 2.05) is 31.2 Å². The summed E-state index contributed by atoms with van der Waals surface area (Å²) in [5.41, 5.74) is 3.27. The Hall–Kier alpha value is -2.40. The van der Waals surface area contributed by atoms with Crippen molar-refractivity contribution in [2.24, 2.45) is 0 Å². The zero-order chi connectivity index (χ0) is 13.7. The van der Waals surface area contributed by atoms with Gasteiger partial charge in [-0.2, -0.15) is 5.26 Å². The maximum atomic E-state index is 13.6. The van der Waals surface area contributed by atoms with Crippen molar-refractivity contribution >= 4 is 12.2 Å². The van der Waals surface area contributed by atoms with Crippen LogP contribution in [0.4, 0.5) is 4.39 Å². The molecule has 0 heterocycles. The van der Waals surface area contributed by atoms with Gasteiger partial charge in [0.2, 0.25) is 0 Å². The molecule has 2 heteroatoms. The first-order valence-corrected chi connectivity index (χ1v) is 6.19.